The summed E-state index contributed by atoms with van der Waals surface area (Å²) in [5.74, 6) is 0.293. The number of hydrogen-bond acceptors (Lipinski definition) is 2. The van der Waals surface area contributed by atoms with E-state index in [1.54, 1.807) is 0 Å². The first-order valence-corrected chi connectivity index (χ1v) is 5.98. The van der Waals surface area contributed by atoms with Gasteiger partial charge in [0.25, 0.3) is 0 Å². The predicted octanol–water partition coefficient (Wildman–Crippen LogP) is 2.57. The van der Waals surface area contributed by atoms with Gasteiger partial charge in [-0.2, -0.15) is 0 Å². The molecule has 1 aromatic heterocycles. The lowest BCUT2D eigenvalue weighted by atomic mass is 9.98. The molecule has 1 saturated heterocycles. The largest absolute Gasteiger partial charge is 0.297 e. The van der Waals surface area contributed by atoms with Crippen LogP contribution >= 0.6 is 0 Å². The Labute approximate surface area is 96.5 Å². The van der Waals surface area contributed by atoms with Crippen molar-refractivity contribution >= 4 is 0 Å². The summed E-state index contributed by atoms with van der Waals surface area (Å²) in [6.07, 6.45) is 3.82. The van der Waals surface area contributed by atoms with E-state index in [2.05, 4.69) is 22.9 Å². The molecule has 0 N–H and O–H groups in total. The first kappa shape index (κ1) is 11.5. The van der Waals surface area contributed by atoms with Crippen LogP contribution in [-0.4, -0.2) is 29.6 Å². The number of halogens is 1. The van der Waals surface area contributed by atoms with E-state index in [-0.39, 0.29) is 6.67 Å². The summed E-state index contributed by atoms with van der Waals surface area (Å²) in [5, 5.41) is 0. The molecule has 0 radical (unpaired) electrons. The van der Waals surface area contributed by atoms with E-state index in [0.717, 1.165) is 38.2 Å². The Hall–Kier alpha value is -0.960. The molecule has 1 aliphatic rings. The molecular weight excluding hydrogens is 203 g/mol. The van der Waals surface area contributed by atoms with Crippen molar-refractivity contribution in [1.82, 2.24) is 9.88 Å². The average Bonchev–Trinajstić information content (AvgIpc) is 2.33. The topological polar surface area (TPSA) is 16.1 Å². The zero-order valence-electron chi connectivity index (χ0n) is 9.82. The number of aryl methyl sites for hydroxylation is 1. The summed E-state index contributed by atoms with van der Waals surface area (Å²) in [6.45, 7) is 4.86. The lowest BCUT2D eigenvalue weighted by Crippen LogP contribution is -2.34. The van der Waals surface area contributed by atoms with E-state index in [1.807, 2.05) is 12.3 Å². The van der Waals surface area contributed by atoms with Crippen LogP contribution in [0.5, 0.6) is 0 Å². The minimum absolute atomic E-state index is 0.156. The summed E-state index contributed by atoms with van der Waals surface area (Å²) in [7, 11) is 0. The number of nitrogens with zero attached hydrogens (tertiary/aromatic N) is 2. The van der Waals surface area contributed by atoms with Crippen molar-refractivity contribution in [1.29, 1.82) is 0 Å². The number of alkyl halides is 1. The lowest BCUT2D eigenvalue weighted by molar-refractivity contribution is 0.157. The summed E-state index contributed by atoms with van der Waals surface area (Å²) in [5.41, 5.74) is 2.40. The first-order chi connectivity index (χ1) is 7.79. The van der Waals surface area contributed by atoms with Crippen LogP contribution in [0.4, 0.5) is 4.39 Å². The maximum atomic E-state index is 12.5. The van der Waals surface area contributed by atoms with Crippen LogP contribution in [0.3, 0.4) is 0 Å². The zero-order valence-corrected chi connectivity index (χ0v) is 9.82. The summed E-state index contributed by atoms with van der Waals surface area (Å²) < 4.78 is 12.5. The van der Waals surface area contributed by atoms with Gasteiger partial charge in [-0.3, -0.25) is 14.3 Å². The second-order valence-electron chi connectivity index (χ2n) is 4.64. The van der Waals surface area contributed by atoms with Crippen molar-refractivity contribution in [2.45, 2.75) is 26.3 Å². The van der Waals surface area contributed by atoms with Crippen molar-refractivity contribution in [3.63, 3.8) is 0 Å². The third kappa shape index (κ3) is 2.79. The molecular formula is C13H19FN2. The monoisotopic (exact) mass is 222 g/mol. The molecule has 1 aromatic rings. The van der Waals surface area contributed by atoms with Gasteiger partial charge < -0.3 is 0 Å². The number of piperidine rings is 1. The second-order valence-corrected chi connectivity index (χ2v) is 4.64. The molecule has 2 heterocycles. The molecule has 2 rings (SSSR count). The lowest BCUT2D eigenvalue weighted by Gasteiger charge is -2.30. The zero-order chi connectivity index (χ0) is 11.4. The maximum absolute atomic E-state index is 12.5. The summed E-state index contributed by atoms with van der Waals surface area (Å²) >= 11 is 0. The molecule has 0 saturated carbocycles. The molecule has 2 nitrogen and oxygen atoms in total. The van der Waals surface area contributed by atoms with Crippen LogP contribution in [0.1, 0.15) is 24.1 Å². The fraction of sp³-hybridized carbons (Fsp3) is 0.615. The van der Waals surface area contributed by atoms with Crippen molar-refractivity contribution in [2.24, 2.45) is 5.92 Å². The normalized spacial score (nSPS) is 18.9. The molecule has 0 unspecified atom stereocenters. The van der Waals surface area contributed by atoms with Crippen LogP contribution in [0.15, 0.2) is 18.3 Å². The third-order valence-electron chi connectivity index (χ3n) is 3.42. The van der Waals surface area contributed by atoms with Gasteiger partial charge in [0, 0.05) is 12.7 Å². The van der Waals surface area contributed by atoms with Gasteiger partial charge in [-0.15, -0.1) is 0 Å². The van der Waals surface area contributed by atoms with Crippen LogP contribution in [0.2, 0.25) is 0 Å². The van der Waals surface area contributed by atoms with Gasteiger partial charge in [-0.1, -0.05) is 6.07 Å². The fourth-order valence-corrected chi connectivity index (χ4v) is 2.19. The second kappa shape index (κ2) is 5.39. The van der Waals surface area contributed by atoms with Crippen LogP contribution in [0, 0.1) is 12.8 Å². The Bertz CT molecular complexity index is 332. The molecule has 1 aliphatic heterocycles. The number of rotatable bonds is 3. The molecule has 0 aliphatic carbocycles. The van der Waals surface area contributed by atoms with E-state index in [9.17, 15) is 4.39 Å². The molecule has 88 valence electrons. The van der Waals surface area contributed by atoms with E-state index in [4.69, 9.17) is 0 Å². The van der Waals surface area contributed by atoms with E-state index in [1.165, 1.54) is 5.56 Å². The van der Waals surface area contributed by atoms with Gasteiger partial charge in [0.2, 0.25) is 0 Å². The molecule has 16 heavy (non-hydrogen) atoms. The first-order valence-electron chi connectivity index (χ1n) is 5.98. The van der Waals surface area contributed by atoms with E-state index >= 15 is 0 Å². The van der Waals surface area contributed by atoms with E-state index < -0.39 is 0 Å². The highest BCUT2D eigenvalue weighted by Gasteiger charge is 2.19. The Morgan fingerprint density at radius 2 is 2.19 bits per heavy atom. The summed E-state index contributed by atoms with van der Waals surface area (Å²) in [6, 6.07) is 4.06. The highest BCUT2D eigenvalue weighted by atomic mass is 19.1. The van der Waals surface area contributed by atoms with E-state index in [0.29, 0.717) is 5.92 Å². The van der Waals surface area contributed by atoms with Crippen molar-refractivity contribution < 1.29 is 4.39 Å². The van der Waals surface area contributed by atoms with Gasteiger partial charge in [-0.05, 0) is 50.4 Å². The number of likely N-dealkylation sites (tertiary alicyclic amines) is 1. The average molecular weight is 222 g/mol. The van der Waals surface area contributed by atoms with Crippen LogP contribution in [0.25, 0.3) is 0 Å². The van der Waals surface area contributed by atoms with Crippen molar-refractivity contribution in [3.05, 3.63) is 29.6 Å². The van der Waals surface area contributed by atoms with Gasteiger partial charge in [0.1, 0.15) is 0 Å². The van der Waals surface area contributed by atoms with Gasteiger partial charge >= 0.3 is 0 Å². The smallest absolute Gasteiger partial charge is 0.0923 e. The maximum Gasteiger partial charge on any atom is 0.0923 e. The quantitative estimate of drug-likeness (QED) is 0.781. The molecule has 0 spiro atoms. The van der Waals surface area contributed by atoms with Crippen molar-refractivity contribution in [2.75, 3.05) is 19.8 Å². The molecule has 0 aromatic carbocycles. The number of pyridine rings is 1. The number of hydrogen-bond donors (Lipinski definition) is 0. The minimum atomic E-state index is -0.156. The van der Waals surface area contributed by atoms with Gasteiger partial charge in [0.05, 0.1) is 12.4 Å². The SMILES string of the molecule is Cc1cccnc1CN1CCC(CF)CC1. The highest BCUT2D eigenvalue weighted by molar-refractivity contribution is 5.17. The third-order valence-corrected chi connectivity index (χ3v) is 3.42. The molecule has 0 atom stereocenters. The molecule has 3 heteroatoms. The Kier molecular flexibility index (Phi) is 3.88. The molecule has 0 bridgehead atoms. The minimum Gasteiger partial charge on any atom is -0.297 e. The van der Waals surface area contributed by atoms with Crippen LogP contribution < -0.4 is 0 Å². The highest BCUT2D eigenvalue weighted by Crippen LogP contribution is 2.19. The number of aromatic nitrogens is 1. The molecule has 1 fully saturated rings. The molecule has 0 amide bonds. The standard InChI is InChI=1S/C13H19FN2/c1-11-3-2-6-15-13(11)10-16-7-4-12(9-14)5-8-16/h2-3,6,12H,4-5,7-10H2,1H3. The van der Waals surface area contributed by atoms with Crippen LogP contribution in [-0.2, 0) is 6.54 Å². The predicted molar refractivity (Wildman–Crippen MR) is 63.0 cm³/mol. The Balaban J connectivity index is 1.89. The Morgan fingerprint density at radius 3 is 2.81 bits per heavy atom. The van der Waals surface area contributed by atoms with Crippen molar-refractivity contribution in [3.8, 4) is 0 Å². The summed E-state index contributed by atoms with van der Waals surface area (Å²) in [4.78, 5) is 6.77. The fourth-order valence-electron chi connectivity index (χ4n) is 2.19. The Morgan fingerprint density at radius 1 is 1.44 bits per heavy atom. The van der Waals surface area contributed by atoms with Gasteiger partial charge in [-0.25, -0.2) is 0 Å². The van der Waals surface area contributed by atoms with Gasteiger partial charge in [0.15, 0.2) is 0 Å².